The van der Waals surface area contributed by atoms with Crippen LogP contribution in [0.15, 0.2) is 18.2 Å². The van der Waals surface area contributed by atoms with E-state index >= 15 is 0 Å². The summed E-state index contributed by atoms with van der Waals surface area (Å²) in [6, 6.07) is 5.21. The van der Waals surface area contributed by atoms with Crippen LogP contribution in [0, 0.1) is 5.92 Å². The Labute approximate surface area is 123 Å². The van der Waals surface area contributed by atoms with Gasteiger partial charge in [0.05, 0.1) is 21.2 Å². The van der Waals surface area contributed by atoms with E-state index in [1.807, 2.05) is 0 Å². The molecule has 19 heavy (non-hydrogen) atoms. The van der Waals surface area contributed by atoms with Crippen LogP contribution in [-0.4, -0.2) is 18.0 Å². The average molecular weight is 299 g/mol. The minimum Gasteiger partial charge on any atom is -0.375 e. The van der Waals surface area contributed by atoms with Crippen molar-refractivity contribution in [2.24, 2.45) is 5.92 Å². The molecule has 3 rings (SSSR count). The quantitative estimate of drug-likeness (QED) is 0.750. The molecule has 0 radical (unpaired) electrons. The van der Waals surface area contributed by atoms with Crippen LogP contribution in [0.1, 0.15) is 42.5 Å². The molecule has 1 atom stereocenters. The normalized spacial score (nSPS) is 25.1. The van der Waals surface area contributed by atoms with Crippen molar-refractivity contribution in [1.29, 1.82) is 0 Å². The molecular weight excluding hydrogens is 283 g/mol. The first-order valence-corrected chi connectivity index (χ1v) is 7.49. The van der Waals surface area contributed by atoms with Gasteiger partial charge in [0.1, 0.15) is 0 Å². The van der Waals surface area contributed by atoms with Crippen LogP contribution in [0.3, 0.4) is 0 Å². The molecule has 1 saturated heterocycles. The minimum atomic E-state index is -0.0354. The maximum Gasteiger partial charge on any atom is 0.169 e. The van der Waals surface area contributed by atoms with Crippen molar-refractivity contribution in [3.05, 3.63) is 33.8 Å². The fourth-order valence-corrected chi connectivity index (χ4v) is 3.69. The number of halogens is 2. The van der Waals surface area contributed by atoms with Gasteiger partial charge in [-0.3, -0.25) is 4.79 Å². The van der Waals surface area contributed by atoms with Gasteiger partial charge in [-0.2, -0.15) is 0 Å². The molecule has 2 fully saturated rings. The first kappa shape index (κ1) is 13.4. The van der Waals surface area contributed by atoms with E-state index in [1.54, 1.807) is 18.2 Å². The maximum atomic E-state index is 12.6. The molecule has 4 heteroatoms. The van der Waals surface area contributed by atoms with Crippen LogP contribution in [-0.2, 0) is 4.74 Å². The molecule has 102 valence electrons. The second-order valence-corrected chi connectivity index (χ2v) is 6.35. The fraction of sp³-hybridized carbons (Fsp3) is 0.533. The summed E-state index contributed by atoms with van der Waals surface area (Å²) in [5.41, 5.74) is 0.443. The molecule has 2 aliphatic rings. The van der Waals surface area contributed by atoms with Crippen LogP contribution in [0.25, 0.3) is 0 Å². The fourth-order valence-electron chi connectivity index (χ4n) is 3.11. The number of Topliss-reactive ketones (excluding diaryl/α,β-unsaturated/α-hetero) is 1. The van der Waals surface area contributed by atoms with Crippen LogP contribution in [0.5, 0.6) is 0 Å². The predicted octanol–water partition coefficient (Wildman–Crippen LogP) is 4.53. The number of hydrogen-bond acceptors (Lipinski definition) is 2. The number of carbonyl (C=O) groups is 1. The Hall–Kier alpha value is -0.570. The smallest absolute Gasteiger partial charge is 0.169 e. The Morgan fingerprint density at radius 2 is 1.95 bits per heavy atom. The van der Waals surface area contributed by atoms with Crippen LogP contribution >= 0.6 is 23.2 Å². The van der Waals surface area contributed by atoms with E-state index < -0.39 is 0 Å². The molecule has 1 aliphatic carbocycles. The highest BCUT2D eigenvalue weighted by atomic mass is 35.5. The number of rotatable bonds is 2. The van der Waals surface area contributed by atoms with Gasteiger partial charge in [-0.15, -0.1) is 0 Å². The van der Waals surface area contributed by atoms with Gasteiger partial charge in [0.15, 0.2) is 5.78 Å². The van der Waals surface area contributed by atoms with Crippen LogP contribution in [0.4, 0.5) is 0 Å². The van der Waals surface area contributed by atoms with Crippen LogP contribution in [0.2, 0.25) is 10.0 Å². The van der Waals surface area contributed by atoms with E-state index in [1.165, 1.54) is 6.42 Å². The van der Waals surface area contributed by atoms with Gasteiger partial charge in [-0.1, -0.05) is 29.3 Å². The van der Waals surface area contributed by atoms with Gasteiger partial charge < -0.3 is 4.74 Å². The third-order valence-corrected chi connectivity index (χ3v) is 4.97. The molecule has 1 saturated carbocycles. The summed E-state index contributed by atoms with van der Waals surface area (Å²) in [6.45, 7) is 0.665. The molecule has 1 aromatic carbocycles. The Morgan fingerprint density at radius 3 is 2.53 bits per heavy atom. The zero-order valence-electron chi connectivity index (χ0n) is 10.6. The van der Waals surface area contributed by atoms with Gasteiger partial charge in [-0.05, 0) is 44.2 Å². The number of carbonyl (C=O) groups excluding carboxylic acids is 1. The second-order valence-electron chi connectivity index (χ2n) is 5.54. The highest BCUT2D eigenvalue weighted by molar-refractivity contribution is 6.39. The van der Waals surface area contributed by atoms with Gasteiger partial charge in [0.25, 0.3) is 0 Å². The molecule has 1 spiro atoms. The zero-order valence-corrected chi connectivity index (χ0v) is 12.1. The first-order valence-electron chi connectivity index (χ1n) is 6.73. The van der Waals surface area contributed by atoms with Crippen molar-refractivity contribution in [3.8, 4) is 0 Å². The molecule has 0 N–H and O–H groups in total. The molecule has 0 aromatic heterocycles. The summed E-state index contributed by atoms with van der Waals surface area (Å²) in [7, 11) is 0. The topological polar surface area (TPSA) is 26.3 Å². The second kappa shape index (κ2) is 5.08. The van der Waals surface area contributed by atoms with Crippen molar-refractivity contribution in [1.82, 2.24) is 0 Å². The number of ketones is 1. The van der Waals surface area contributed by atoms with Gasteiger partial charge in [0, 0.05) is 12.5 Å². The zero-order chi connectivity index (χ0) is 13.5. The molecule has 0 amide bonds. The van der Waals surface area contributed by atoms with Gasteiger partial charge in [0.2, 0.25) is 0 Å². The standard InChI is InChI=1S/C15H16Cl2O2/c16-11-3-1-4-12(17)13(11)14(18)10-5-8-19-15(9-10)6-2-7-15/h1,3-4,10H,2,5-9H2. The third kappa shape index (κ3) is 2.42. The number of benzene rings is 1. The van der Waals surface area contributed by atoms with E-state index in [-0.39, 0.29) is 17.3 Å². The maximum absolute atomic E-state index is 12.6. The highest BCUT2D eigenvalue weighted by Crippen LogP contribution is 2.45. The monoisotopic (exact) mass is 298 g/mol. The first-order chi connectivity index (χ1) is 9.11. The largest absolute Gasteiger partial charge is 0.375 e. The average Bonchev–Trinajstić information content (AvgIpc) is 2.37. The molecule has 1 heterocycles. The number of ether oxygens (including phenoxy) is 1. The minimum absolute atomic E-state index is 0.00792. The molecule has 1 aromatic rings. The summed E-state index contributed by atoms with van der Waals surface area (Å²) < 4.78 is 5.86. The van der Waals surface area contributed by atoms with Crippen LogP contribution < -0.4 is 0 Å². The van der Waals surface area contributed by atoms with Gasteiger partial charge in [-0.25, -0.2) is 0 Å². The molecule has 0 bridgehead atoms. The molecule has 1 aliphatic heterocycles. The molecular formula is C15H16Cl2O2. The predicted molar refractivity (Wildman–Crippen MR) is 76.1 cm³/mol. The Bertz CT molecular complexity index is 489. The Balaban J connectivity index is 1.83. The van der Waals surface area contributed by atoms with E-state index in [0.717, 1.165) is 25.7 Å². The lowest BCUT2D eigenvalue weighted by Gasteiger charge is -2.46. The summed E-state index contributed by atoms with van der Waals surface area (Å²) in [4.78, 5) is 12.6. The lowest BCUT2D eigenvalue weighted by Crippen LogP contribution is -2.47. The van der Waals surface area contributed by atoms with E-state index in [4.69, 9.17) is 27.9 Å². The SMILES string of the molecule is O=C(c1c(Cl)cccc1Cl)C1CCOC2(CCC2)C1. The van der Waals surface area contributed by atoms with E-state index in [9.17, 15) is 4.79 Å². The summed E-state index contributed by atoms with van der Waals surface area (Å²) in [5.74, 6) is 0.0663. The summed E-state index contributed by atoms with van der Waals surface area (Å²) in [5, 5.41) is 0.901. The van der Waals surface area contributed by atoms with E-state index in [0.29, 0.717) is 22.2 Å². The van der Waals surface area contributed by atoms with Crippen molar-refractivity contribution in [2.75, 3.05) is 6.61 Å². The highest BCUT2D eigenvalue weighted by Gasteiger charge is 2.44. The van der Waals surface area contributed by atoms with Crippen molar-refractivity contribution >= 4 is 29.0 Å². The number of hydrogen-bond donors (Lipinski definition) is 0. The Morgan fingerprint density at radius 1 is 1.26 bits per heavy atom. The Kier molecular flexibility index (Phi) is 3.59. The summed E-state index contributed by atoms with van der Waals surface area (Å²) >= 11 is 12.3. The van der Waals surface area contributed by atoms with Crippen molar-refractivity contribution < 1.29 is 9.53 Å². The van der Waals surface area contributed by atoms with Gasteiger partial charge >= 0.3 is 0 Å². The summed E-state index contributed by atoms with van der Waals surface area (Å²) in [6.07, 6.45) is 4.93. The molecule has 2 nitrogen and oxygen atoms in total. The third-order valence-electron chi connectivity index (χ3n) is 4.34. The lowest BCUT2D eigenvalue weighted by atomic mass is 9.70. The van der Waals surface area contributed by atoms with Crippen molar-refractivity contribution in [2.45, 2.75) is 37.7 Å². The lowest BCUT2D eigenvalue weighted by molar-refractivity contribution is -0.137. The van der Waals surface area contributed by atoms with E-state index in [2.05, 4.69) is 0 Å². The van der Waals surface area contributed by atoms with Crippen molar-refractivity contribution in [3.63, 3.8) is 0 Å². The molecule has 1 unspecified atom stereocenters.